The first-order valence-corrected chi connectivity index (χ1v) is 12.4. The molecule has 188 valence electrons. The number of hydrogen-bond donors (Lipinski definition) is 2. The van der Waals surface area contributed by atoms with Crippen molar-refractivity contribution >= 4 is 11.8 Å². The Bertz CT molecular complexity index is 1250. The Kier molecular flexibility index (Phi) is 8.00. The topological polar surface area (TPSA) is 89.4 Å². The molecule has 7 heteroatoms. The number of rotatable bonds is 8. The van der Waals surface area contributed by atoms with Crippen molar-refractivity contribution in [3.8, 4) is 0 Å². The number of hydrogen-bond acceptors (Lipinski definition) is 4. The summed E-state index contributed by atoms with van der Waals surface area (Å²) in [5.41, 5.74) is 1.14. The molecule has 0 unspecified atom stereocenters. The summed E-state index contributed by atoms with van der Waals surface area (Å²) in [4.78, 5) is 39.6. The minimum Gasteiger partial charge on any atom is -0.381 e. The van der Waals surface area contributed by atoms with Crippen molar-refractivity contribution in [1.82, 2.24) is 15.2 Å². The molecule has 0 radical (unpaired) electrons. The fourth-order valence-electron chi connectivity index (χ4n) is 4.56. The molecule has 0 spiro atoms. The minimum atomic E-state index is -0.573. The highest BCUT2D eigenvalue weighted by Gasteiger charge is 2.35. The van der Waals surface area contributed by atoms with Gasteiger partial charge in [-0.25, -0.2) is 0 Å². The van der Waals surface area contributed by atoms with Gasteiger partial charge in [-0.15, -0.1) is 0 Å². The molecular weight excluding hydrogens is 454 g/mol. The number of aromatic nitrogens is 1. The summed E-state index contributed by atoms with van der Waals surface area (Å²) in [6, 6.07) is 19.5. The van der Waals surface area contributed by atoms with Crippen LogP contribution in [-0.4, -0.2) is 36.1 Å². The van der Waals surface area contributed by atoms with Crippen LogP contribution in [0.3, 0.4) is 0 Å². The van der Waals surface area contributed by atoms with Crippen molar-refractivity contribution in [3.63, 3.8) is 0 Å². The van der Waals surface area contributed by atoms with E-state index in [9.17, 15) is 14.4 Å². The molecule has 1 fully saturated rings. The summed E-state index contributed by atoms with van der Waals surface area (Å²) < 4.78 is 7.32. The molecule has 2 amide bonds. The van der Waals surface area contributed by atoms with Crippen LogP contribution in [0.1, 0.15) is 64.6 Å². The minimum absolute atomic E-state index is 0.0358. The maximum Gasteiger partial charge on any atom is 0.257 e. The van der Waals surface area contributed by atoms with Crippen LogP contribution in [0.15, 0.2) is 77.9 Å². The lowest BCUT2D eigenvalue weighted by atomic mass is 9.74. The van der Waals surface area contributed by atoms with Crippen LogP contribution in [0.5, 0.6) is 0 Å². The number of carbonyl (C=O) groups excluding carboxylic acids is 2. The average Bonchev–Trinajstić information content (AvgIpc) is 2.92. The highest BCUT2D eigenvalue weighted by Crippen LogP contribution is 2.34. The number of pyridine rings is 1. The molecule has 36 heavy (non-hydrogen) atoms. The summed E-state index contributed by atoms with van der Waals surface area (Å²) in [5.74, 6) is -0.980. The number of benzene rings is 2. The fourth-order valence-corrected chi connectivity index (χ4v) is 4.56. The van der Waals surface area contributed by atoms with Crippen LogP contribution >= 0.6 is 0 Å². The van der Waals surface area contributed by atoms with E-state index in [-0.39, 0.29) is 22.6 Å². The molecule has 0 saturated carbocycles. The van der Waals surface area contributed by atoms with Gasteiger partial charge < -0.3 is 19.9 Å². The van der Waals surface area contributed by atoms with Gasteiger partial charge in [0, 0.05) is 50.2 Å². The van der Waals surface area contributed by atoms with Gasteiger partial charge in [0.15, 0.2) is 0 Å². The number of nitrogens with one attached hydrogen (secondary N) is 2. The molecule has 1 aliphatic rings. The Morgan fingerprint density at radius 1 is 0.889 bits per heavy atom. The fraction of sp³-hybridized carbons (Fsp3) is 0.345. The summed E-state index contributed by atoms with van der Waals surface area (Å²) in [5, 5.41) is 5.80. The standard InChI is InChI=1S/C29H33N3O4/c1-21(2)32-18-24(27(34)30-17-22-9-5-3-6-10-22)26(33)25(19-32)28(35)31-20-29(13-15-36-16-14-29)23-11-7-4-8-12-23/h3-12,18-19,21H,13-17,20H2,1-2H3,(H,30,34)(H,31,35). The first-order chi connectivity index (χ1) is 17.4. The Balaban J connectivity index is 1.57. The van der Waals surface area contributed by atoms with Gasteiger partial charge in [0.25, 0.3) is 11.8 Å². The molecule has 3 aromatic rings. The zero-order valence-electron chi connectivity index (χ0n) is 20.8. The maximum absolute atomic E-state index is 13.3. The van der Waals surface area contributed by atoms with E-state index in [0.717, 1.165) is 24.0 Å². The van der Waals surface area contributed by atoms with Gasteiger partial charge in [-0.1, -0.05) is 60.7 Å². The van der Waals surface area contributed by atoms with Crippen molar-refractivity contribution in [1.29, 1.82) is 0 Å². The van der Waals surface area contributed by atoms with E-state index in [1.165, 1.54) is 12.4 Å². The molecule has 1 aliphatic heterocycles. The second kappa shape index (κ2) is 11.4. The quantitative estimate of drug-likeness (QED) is 0.505. The highest BCUT2D eigenvalue weighted by molar-refractivity contribution is 5.99. The summed E-state index contributed by atoms with van der Waals surface area (Å²) in [6.07, 6.45) is 4.61. The van der Waals surface area contributed by atoms with Crippen LogP contribution in [0.4, 0.5) is 0 Å². The maximum atomic E-state index is 13.3. The Labute approximate surface area is 211 Å². The molecule has 2 aromatic carbocycles. The molecule has 2 N–H and O–H groups in total. The lowest BCUT2D eigenvalue weighted by Gasteiger charge is -2.38. The Morgan fingerprint density at radius 3 is 2.03 bits per heavy atom. The van der Waals surface area contributed by atoms with E-state index >= 15 is 0 Å². The third-order valence-electron chi connectivity index (χ3n) is 6.85. The van der Waals surface area contributed by atoms with E-state index in [1.807, 2.05) is 62.4 Å². The van der Waals surface area contributed by atoms with Gasteiger partial charge in [0.05, 0.1) is 0 Å². The lowest BCUT2D eigenvalue weighted by Crippen LogP contribution is -2.45. The molecule has 1 saturated heterocycles. The van der Waals surface area contributed by atoms with Crippen LogP contribution in [0.25, 0.3) is 0 Å². The number of ether oxygens (including phenoxy) is 1. The molecule has 2 heterocycles. The third-order valence-corrected chi connectivity index (χ3v) is 6.85. The van der Waals surface area contributed by atoms with E-state index < -0.39 is 17.2 Å². The van der Waals surface area contributed by atoms with Gasteiger partial charge >= 0.3 is 0 Å². The van der Waals surface area contributed by atoms with Crippen molar-refractivity contribution in [2.75, 3.05) is 19.8 Å². The monoisotopic (exact) mass is 487 g/mol. The molecule has 0 atom stereocenters. The molecule has 4 rings (SSSR count). The van der Waals surface area contributed by atoms with Crippen LogP contribution < -0.4 is 16.1 Å². The first-order valence-electron chi connectivity index (χ1n) is 12.4. The summed E-state index contributed by atoms with van der Waals surface area (Å²) in [7, 11) is 0. The van der Waals surface area contributed by atoms with E-state index in [4.69, 9.17) is 4.74 Å². The van der Waals surface area contributed by atoms with Crippen LogP contribution in [-0.2, 0) is 16.7 Å². The molecular formula is C29H33N3O4. The van der Waals surface area contributed by atoms with Crippen molar-refractivity contribution in [3.05, 3.63) is 106 Å². The lowest BCUT2D eigenvalue weighted by molar-refractivity contribution is 0.0487. The predicted octanol–water partition coefficient (Wildman–Crippen LogP) is 3.84. The zero-order valence-corrected chi connectivity index (χ0v) is 20.8. The predicted molar refractivity (Wildman–Crippen MR) is 139 cm³/mol. The normalized spacial score (nSPS) is 14.9. The second-order valence-electron chi connectivity index (χ2n) is 9.57. The molecule has 0 aliphatic carbocycles. The Hall–Kier alpha value is -3.71. The smallest absolute Gasteiger partial charge is 0.257 e. The van der Waals surface area contributed by atoms with Crippen molar-refractivity contribution < 1.29 is 14.3 Å². The third kappa shape index (κ3) is 5.74. The van der Waals surface area contributed by atoms with Gasteiger partial charge in [-0.2, -0.15) is 0 Å². The number of amides is 2. The van der Waals surface area contributed by atoms with Gasteiger partial charge in [-0.3, -0.25) is 14.4 Å². The largest absolute Gasteiger partial charge is 0.381 e. The number of nitrogens with zero attached hydrogens (tertiary/aromatic N) is 1. The van der Waals surface area contributed by atoms with Crippen molar-refractivity contribution in [2.45, 2.75) is 44.7 Å². The SMILES string of the molecule is CC(C)n1cc(C(=O)NCc2ccccc2)c(=O)c(C(=O)NCC2(c3ccccc3)CCOCC2)c1. The zero-order chi connectivity index (χ0) is 25.5. The van der Waals surface area contributed by atoms with Gasteiger partial charge in [0.2, 0.25) is 5.43 Å². The van der Waals surface area contributed by atoms with E-state index in [0.29, 0.717) is 26.3 Å². The van der Waals surface area contributed by atoms with Crippen LogP contribution in [0.2, 0.25) is 0 Å². The highest BCUT2D eigenvalue weighted by atomic mass is 16.5. The molecule has 0 bridgehead atoms. The summed E-state index contributed by atoms with van der Waals surface area (Å²) >= 11 is 0. The number of carbonyl (C=O) groups is 2. The van der Waals surface area contributed by atoms with E-state index in [2.05, 4.69) is 22.8 Å². The van der Waals surface area contributed by atoms with Crippen LogP contribution in [0, 0.1) is 0 Å². The van der Waals surface area contributed by atoms with E-state index in [1.54, 1.807) is 4.57 Å². The molecule has 1 aromatic heterocycles. The van der Waals surface area contributed by atoms with Gasteiger partial charge in [0.1, 0.15) is 11.1 Å². The molecule has 7 nitrogen and oxygen atoms in total. The summed E-state index contributed by atoms with van der Waals surface area (Å²) in [6.45, 7) is 5.77. The first kappa shape index (κ1) is 25.4. The van der Waals surface area contributed by atoms with Gasteiger partial charge in [-0.05, 0) is 37.8 Å². The van der Waals surface area contributed by atoms with Crippen molar-refractivity contribution in [2.24, 2.45) is 0 Å². The second-order valence-corrected chi connectivity index (χ2v) is 9.57. The Morgan fingerprint density at radius 2 is 1.44 bits per heavy atom. The average molecular weight is 488 g/mol.